The highest BCUT2D eigenvalue weighted by Crippen LogP contribution is 2.38. The first-order chi connectivity index (χ1) is 13.6. The van der Waals surface area contributed by atoms with E-state index in [1.807, 2.05) is 12.1 Å². The van der Waals surface area contributed by atoms with Crippen molar-refractivity contribution in [2.45, 2.75) is 4.90 Å². The first-order valence-corrected chi connectivity index (χ1v) is 10.1. The third kappa shape index (κ3) is 2.78. The van der Waals surface area contributed by atoms with Gasteiger partial charge in [0.2, 0.25) is 0 Å². The third-order valence-corrected chi connectivity index (χ3v) is 6.34. The van der Waals surface area contributed by atoms with E-state index < -0.39 is 10.0 Å². The van der Waals surface area contributed by atoms with Crippen LogP contribution in [0, 0.1) is 0 Å². The maximum Gasteiger partial charge on any atom is 0.268 e. The van der Waals surface area contributed by atoms with Gasteiger partial charge < -0.3 is 4.74 Å². The van der Waals surface area contributed by atoms with E-state index in [-0.39, 0.29) is 4.90 Å². The molecule has 0 aliphatic rings. The molecule has 5 nitrogen and oxygen atoms in total. The standard InChI is InChI=1S/C22H17NO4S/c1-27-22-17(15-24)9-7-12-19(22)21-14-16-8-5-6-13-20(16)23(21)28(25,26)18-10-3-2-4-11-18/h2-15H,1H3. The van der Waals surface area contributed by atoms with Gasteiger partial charge in [0.25, 0.3) is 10.0 Å². The molecule has 6 heteroatoms. The van der Waals surface area contributed by atoms with Gasteiger partial charge in [-0.2, -0.15) is 0 Å². The number of para-hydroxylation sites is 2. The fraction of sp³-hybridized carbons (Fsp3) is 0.0455. The molecule has 28 heavy (non-hydrogen) atoms. The van der Waals surface area contributed by atoms with Crippen molar-refractivity contribution in [2.75, 3.05) is 7.11 Å². The number of nitrogens with zero attached hydrogens (tertiary/aromatic N) is 1. The van der Waals surface area contributed by atoms with Crippen molar-refractivity contribution in [2.24, 2.45) is 0 Å². The van der Waals surface area contributed by atoms with Crippen molar-refractivity contribution in [1.29, 1.82) is 0 Å². The minimum absolute atomic E-state index is 0.183. The molecule has 0 spiro atoms. The van der Waals surface area contributed by atoms with Gasteiger partial charge in [0.1, 0.15) is 5.75 Å². The second-order valence-corrected chi connectivity index (χ2v) is 8.00. The quantitative estimate of drug-likeness (QED) is 0.474. The molecule has 0 aliphatic heterocycles. The van der Waals surface area contributed by atoms with Gasteiger partial charge in [-0.1, -0.05) is 42.5 Å². The van der Waals surface area contributed by atoms with E-state index in [2.05, 4.69) is 0 Å². The van der Waals surface area contributed by atoms with Gasteiger partial charge in [0, 0.05) is 10.9 Å². The summed E-state index contributed by atoms with van der Waals surface area (Å²) < 4.78 is 33.8. The van der Waals surface area contributed by atoms with Crippen LogP contribution in [0.3, 0.4) is 0 Å². The number of ether oxygens (including phenoxy) is 1. The molecule has 140 valence electrons. The van der Waals surface area contributed by atoms with Crippen molar-refractivity contribution in [3.8, 4) is 17.0 Å². The van der Waals surface area contributed by atoms with E-state index in [4.69, 9.17) is 4.74 Å². The Morgan fingerprint density at radius 1 is 0.893 bits per heavy atom. The van der Waals surface area contributed by atoms with Crippen molar-refractivity contribution < 1.29 is 17.9 Å². The van der Waals surface area contributed by atoms with Crippen molar-refractivity contribution in [3.63, 3.8) is 0 Å². The molecule has 0 radical (unpaired) electrons. The van der Waals surface area contributed by atoms with Crippen LogP contribution in [0.15, 0.2) is 83.8 Å². The Hall–Kier alpha value is -3.38. The number of carbonyl (C=O) groups excluding carboxylic acids is 1. The number of aromatic nitrogens is 1. The second-order valence-electron chi connectivity index (χ2n) is 6.22. The minimum Gasteiger partial charge on any atom is -0.495 e. The molecular formula is C22H17NO4S. The summed E-state index contributed by atoms with van der Waals surface area (Å²) in [6.07, 6.45) is 0.695. The smallest absolute Gasteiger partial charge is 0.268 e. The molecule has 0 saturated carbocycles. The number of carbonyl (C=O) groups is 1. The molecule has 3 aromatic carbocycles. The molecule has 1 aromatic heterocycles. The molecule has 4 aromatic rings. The fourth-order valence-electron chi connectivity index (χ4n) is 3.35. The van der Waals surface area contributed by atoms with Gasteiger partial charge in [0.15, 0.2) is 6.29 Å². The summed E-state index contributed by atoms with van der Waals surface area (Å²) in [5.74, 6) is 0.338. The SMILES string of the molecule is COc1c(C=O)cccc1-c1cc2ccccc2n1S(=O)(=O)c1ccccc1. The lowest BCUT2D eigenvalue weighted by Crippen LogP contribution is -2.14. The fourth-order valence-corrected chi connectivity index (χ4v) is 4.90. The summed E-state index contributed by atoms with van der Waals surface area (Å²) in [6, 6.07) is 22.4. The highest BCUT2D eigenvalue weighted by atomic mass is 32.2. The summed E-state index contributed by atoms with van der Waals surface area (Å²) in [5.41, 5.74) is 1.88. The Kier molecular flexibility index (Phi) is 4.49. The molecule has 0 bridgehead atoms. The molecule has 1 heterocycles. The highest BCUT2D eigenvalue weighted by molar-refractivity contribution is 7.90. The van der Waals surface area contributed by atoms with Gasteiger partial charge in [0.05, 0.1) is 28.8 Å². The largest absolute Gasteiger partial charge is 0.495 e. The number of benzene rings is 3. The zero-order valence-corrected chi connectivity index (χ0v) is 15.9. The zero-order chi connectivity index (χ0) is 19.7. The predicted molar refractivity (Wildman–Crippen MR) is 108 cm³/mol. The number of hydrogen-bond donors (Lipinski definition) is 0. The Labute approximate surface area is 162 Å². The third-order valence-electron chi connectivity index (χ3n) is 4.60. The summed E-state index contributed by atoms with van der Waals surface area (Å²) in [7, 11) is -2.41. The average molecular weight is 391 g/mol. The molecule has 0 N–H and O–H groups in total. The van der Waals surface area contributed by atoms with E-state index in [0.29, 0.717) is 34.4 Å². The highest BCUT2D eigenvalue weighted by Gasteiger charge is 2.25. The second kappa shape index (κ2) is 6.98. The molecule has 0 amide bonds. The van der Waals surface area contributed by atoms with E-state index in [9.17, 15) is 13.2 Å². The normalized spacial score (nSPS) is 11.5. The Morgan fingerprint density at radius 3 is 2.32 bits per heavy atom. The van der Waals surface area contributed by atoms with Crippen molar-refractivity contribution in [3.05, 3.63) is 84.4 Å². The molecule has 0 unspecified atom stereocenters. The molecule has 0 fully saturated rings. The number of rotatable bonds is 5. The van der Waals surface area contributed by atoms with Crippen LogP contribution >= 0.6 is 0 Å². The zero-order valence-electron chi connectivity index (χ0n) is 15.1. The number of methoxy groups -OCH3 is 1. The maximum atomic E-state index is 13.5. The van der Waals surface area contributed by atoms with Crippen molar-refractivity contribution >= 4 is 27.2 Å². The first kappa shape index (κ1) is 18.0. The van der Waals surface area contributed by atoms with E-state index >= 15 is 0 Å². The minimum atomic E-state index is -3.87. The molecule has 4 rings (SSSR count). The van der Waals surface area contributed by atoms with Crippen molar-refractivity contribution in [1.82, 2.24) is 3.97 Å². The number of aldehydes is 1. The number of fused-ring (bicyclic) bond motifs is 1. The van der Waals surface area contributed by atoms with Gasteiger partial charge in [-0.25, -0.2) is 12.4 Å². The lowest BCUT2D eigenvalue weighted by atomic mass is 10.1. The molecular weight excluding hydrogens is 374 g/mol. The van der Waals surface area contributed by atoms with Crippen LogP contribution in [-0.2, 0) is 10.0 Å². The monoisotopic (exact) mass is 391 g/mol. The van der Waals surface area contributed by atoms with Gasteiger partial charge >= 0.3 is 0 Å². The van der Waals surface area contributed by atoms with Crippen LogP contribution in [0.4, 0.5) is 0 Å². The van der Waals surface area contributed by atoms with E-state index in [1.54, 1.807) is 66.7 Å². The van der Waals surface area contributed by atoms with Crippen LogP contribution in [0.25, 0.3) is 22.2 Å². The lowest BCUT2D eigenvalue weighted by molar-refractivity contribution is 0.112. The van der Waals surface area contributed by atoms with E-state index in [1.165, 1.54) is 11.1 Å². The Bertz CT molecular complexity index is 1270. The van der Waals surface area contributed by atoms with Crippen LogP contribution < -0.4 is 4.74 Å². The topological polar surface area (TPSA) is 65.4 Å². The van der Waals surface area contributed by atoms with Crippen LogP contribution in [-0.4, -0.2) is 25.8 Å². The van der Waals surface area contributed by atoms with Crippen LogP contribution in [0.5, 0.6) is 5.75 Å². The molecule has 0 aliphatic carbocycles. The maximum absolute atomic E-state index is 13.5. The summed E-state index contributed by atoms with van der Waals surface area (Å²) in [4.78, 5) is 11.6. The van der Waals surface area contributed by atoms with E-state index in [0.717, 1.165) is 5.39 Å². The lowest BCUT2D eigenvalue weighted by Gasteiger charge is -2.15. The summed E-state index contributed by atoms with van der Waals surface area (Å²) in [6.45, 7) is 0. The first-order valence-electron chi connectivity index (χ1n) is 8.61. The summed E-state index contributed by atoms with van der Waals surface area (Å²) >= 11 is 0. The molecule has 0 atom stereocenters. The van der Waals surface area contributed by atoms with Gasteiger partial charge in [-0.05, 0) is 36.4 Å². The van der Waals surface area contributed by atoms with Crippen LogP contribution in [0.1, 0.15) is 10.4 Å². The van der Waals surface area contributed by atoms with Crippen LogP contribution in [0.2, 0.25) is 0 Å². The number of hydrogen-bond acceptors (Lipinski definition) is 4. The van der Waals surface area contributed by atoms with Gasteiger partial charge in [-0.15, -0.1) is 0 Å². The average Bonchev–Trinajstić information content (AvgIpc) is 3.14. The summed E-state index contributed by atoms with van der Waals surface area (Å²) in [5, 5.41) is 0.774. The molecule has 0 saturated heterocycles. The predicted octanol–water partition coefficient (Wildman–Crippen LogP) is 4.37. The van der Waals surface area contributed by atoms with Gasteiger partial charge in [-0.3, -0.25) is 4.79 Å². The Balaban J connectivity index is 2.11. The Morgan fingerprint density at radius 2 is 1.61 bits per heavy atom.